The monoisotopic (exact) mass is 263 g/mol. The van der Waals surface area contributed by atoms with Crippen LogP contribution in [0.4, 0.5) is 0 Å². The molecule has 6 nitrogen and oxygen atoms in total. The Morgan fingerprint density at radius 3 is 2.37 bits per heavy atom. The third-order valence-electron chi connectivity index (χ3n) is 2.60. The van der Waals surface area contributed by atoms with Crippen LogP contribution in [0.2, 0.25) is 0 Å². The molecule has 0 aliphatic rings. The van der Waals surface area contributed by atoms with Crippen LogP contribution in [0, 0.1) is 6.92 Å². The summed E-state index contributed by atoms with van der Waals surface area (Å²) in [5.41, 5.74) is 12.0. The number of hydrogen-bond donors (Lipinski definition) is 3. The van der Waals surface area contributed by atoms with Crippen LogP contribution < -0.4 is 16.8 Å². The molecular weight excluding hydrogens is 246 g/mol. The van der Waals surface area contributed by atoms with E-state index in [1.165, 1.54) is 0 Å². The maximum Gasteiger partial charge on any atom is 0.249 e. The SMILES string of the molecule is Cc1cccc(CCC(=O)NC(C(N)=O)C(N)=O)c1. The fourth-order valence-corrected chi connectivity index (χ4v) is 1.64. The van der Waals surface area contributed by atoms with Crippen molar-refractivity contribution in [1.82, 2.24) is 5.32 Å². The molecule has 102 valence electrons. The second-order valence-electron chi connectivity index (χ2n) is 4.29. The van der Waals surface area contributed by atoms with Crippen molar-refractivity contribution >= 4 is 17.7 Å². The van der Waals surface area contributed by atoms with E-state index in [2.05, 4.69) is 5.32 Å². The summed E-state index contributed by atoms with van der Waals surface area (Å²) in [5.74, 6) is -2.36. The number of hydrogen-bond acceptors (Lipinski definition) is 3. The molecule has 0 aliphatic carbocycles. The number of rotatable bonds is 6. The standard InChI is InChI=1S/C13H17N3O3/c1-8-3-2-4-9(7-8)5-6-10(17)16-11(12(14)18)13(15)19/h2-4,7,11H,5-6H2,1H3,(H2,14,18)(H2,15,19)(H,16,17). The maximum absolute atomic E-state index is 11.6. The summed E-state index contributed by atoms with van der Waals surface area (Å²) in [4.78, 5) is 33.4. The van der Waals surface area contributed by atoms with E-state index in [9.17, 15) is 14.4 Å². The van der Waals surface area contributed by atoms with Crippen LogP contribution >= 0.6 is 0 Å². The van der Waals surface area contributed by atoms with Gasteiger partial charge in [0.1, 0.15) is 0 Å². The minimum atomic E-state index is -1.45. The molecule has 0 saturated heterocycles. The number of nitrogens with one attached hydrogen (secondary N) is 1. The quantitative estimate of drug-likeness (QED) is 0.594. The fraction of sp³-hybridized carbons (Fsp3) is 0.308. The first-order valence-corrected chi connectivity index (χ1v) is 5.83. The minimum Gasteiger partial charge on any atom is -0.367 e. The van der Waals surface area contributed by atoms with E-state index >= 15 is 0 Å². The van der Waals surface area contributed by atoms with Crippen LogP contribution in [0.15, 0.2) is 24.3 Å². The molecule has 6 heteroatoms. The van der Waals surface area contributed by atoms with Gasteiger partial charge >= 0.3 is 0 Å². The molecule has 0 unspecified atom stereocenters. The van der Waals surface area contributed by atoms with Gasteiger partial charge in [0, 0.05) is 6.42 Å². The van der Waals surface area contributed by atoms with Gasteiger partial charge in [-0.1, -0.05) is 29.8 Å². The van der Waals surface area contributed by atoms with Gasteiger partial charge in [-0.3, -0.25) is 14.4 Å². The molecule has 3 amide bonds. The van der Waals surface area contributed by atoms with Gasteiger partial charge in [0.25, 0.3) is 0 Å². The molecule has 0 bridgehead atoms. The van der Waals surface area contributed by atoms with Crippen molar-refractivity contribution in [3.63, 3.8) is 0 Å². The fourth-order valence-electron chi connectivity index (χ4n) is 1.64. The molecule has 1 aromatic rings. The normalized spacial score (nSPS) is 10.2. The van der Waals surface area contributed by atoms with E-state index in [0.29, 0.717) is 6.42 Å². The molecule has 1 aromatic carbocycles. The number of carbonyl (C=O) groups is 3. The molecule has 0 aromatic heterocycles. The summed E-state index contributed by atoms with van der Waals surface area (Å²) < 4.78 is 0. The van der Waals surface area contributed by atoms with E-state index in [-0.39, 0.29) is 6.42 Å². The zero-order valence-electron chi connectivity index (χ0n) is 10.7. The first-order valence-electron chi connectivity index (χ1n) is 5.83. The lowest BCUT2D eigenvalue weighted by atomic mass is 10.1. The molecule has 0 radical (unpaired) electrons. The van der Waals surface area contributed by atoms with E-state index in [4.69, 9.17) is 11.5 Å². The molecule has 0 saturated carbocycles. The highest BCUT2D eigenvalue weighted by Crippen LogP contribution is 2.06. The average molecular weight is 263 g/mol. The Morgan fingerprint density at radius 1 is 1.21 bits per heavy atom. The van der Waals surface area contributed by atoms with Crippen molar-refractivity contribution in [3.8, 4) is 0 Å². The number of primary amides is 2. The molecule has 1 rings (SSSR count). The van der Waals surface area contributed by atoms with Crippen LogP contribution in [-0.2, 0) is 20.8 Å². The highest BCUT2D eigenvalue weighted by molar-refractivity contribution is 6.05. The summed E-state index contributed by atoms with van der Waals surface area (Å²) in [6.07, 6.45) is 0.665. The van der Waals surface area contributed by atoms with Crippen LogP contribution in [-0.4, -0.2) is 23.8 Å². The van der Waals surface area contributed by atoms with Crippen LogP contribution in [0.25, 0.3) is 0 Å². The van der Waals surface area contributed by atoms with Gasteiger partial charge in [-0.2, -0.15) is 0 Å². The summed E-state index contributed by atoms with van der Waals surface area (Å²) >= 11 is 0. The van der Waals surface area contributed by atoms with E-state index in [0.717, 1.165) is 11.1 Å². The zero-order chi connectivity index (χ0) is 14.4. The lowest BCUT2D eigenvalue weighted by Crippen LogP contribution is -2.52. The Kier molecular flexibility index (Phi) is 5.05. The lowest BCUT2D eigenvalue weighted by Gasteiger charge is -2.11. The minimum absolute atomic E-state index is 0.153. The van der Waals surface area contributed by atoms with E-state index < -0.39 is 23.8 Å². The van der Waals surface area contributed by atoms with Crippen molar-refractivity contribution in [2.45, 2.75) is 25.8 Å². The average Bonchev–Trinajstić information content (AvgIpc) is 2.32. The maximum atomic E-state index is 11.6. The number of benzene rings is 1. The lowest BCUT2D eigenvalue weighted by molar-refractivity contribution is -0.133. The van der Waals surface area contributed by atoms with E-state index in [1.807, 2.05) is 31.2 Å². The van der Waals surface area contributed by atoms with Crippen molar-refractivity contribution in [1.29, 1.82) is 0 Å². The van der Waals surface area contributed by atoms with Gasteiger partial charge in [0.2, 0.25) is 17.7 Å². The molecule has 0 spiro atoms. The van der Waals surface area contributed by atoms with Crippen LogP contribution in [0.1, 0.15) is 17.5 Å². The summed E-state index contributed by atoms with van der Waals surface area (Å²) in [6.45, 7) is 1.96. The largest absolute Gasteiger partial charge is 0.367 e. The van der Waals surface area contributed by atoms with Crippen LogP contribution in [0.5, 0.6) is 0 Å². The second kappa shape index (κ2) is 6.53. The molecule has 0 fully saturated rings. The first kappa shape index (κ1) is 14.7. The number of carbonyl (C=O) groups excluding carboxylic acids is 3. The Labute approximate surface area is 111 Å². The molecule has 0 aliphatic heterocycles. The molecular formula is C13H17N3O3. The Balaban J connectivity index is 2.52. The topological polar surface area (TPSA) is 115 Å². The number of amides is 3. The highest BCUT2D eigenvalue weighted by Gasteiger charge is 2.23. The predicted molar refractivity (Wildman–Crippen MR) is 69.8 cm³/mol. The third-order valence-corrected chi connectivity index (χ3v) is 2.60. The summed E-state index contributed by atoms with van der Waals surface area (Å²) in [5, 5.41) is 2.21. The molecule has 0 atom stereocenters. The Bertz CT molecular complexity index is 486. The van der Waals surface area contributed by atoms with Gasteiger partial charge in [0.15, 0.2) is 6.04 Å². The van der Waals surface area contributed by atoms with E-state index in [1.54, 1.807) is 0 Å². The zero-order valence-corrected chi connectivity index (χ0v) is 10.7. The van der Waals surface area contributed by atoms with Crippen molar-refractivity contribution < 1.29 is 14.4 Å². The summed E-state index contributed by atoms with van der Waals surface area (Å²) in [7, 11) is 0. The van der Waals surface area contributed by atoms with Crippen molar-refractivity contribution in [2.24, 2.45) is 11.5 Å². The number of nitrogens with two attached hydrogens (primary N) is 2. The Hall–Kier alpha value is -2.37. The van der Waals surface area contributed by atoms with Gasteiger partial charge < -0.3 is 16.8 Å². The first-order chi connectivity index (χ1) is 8.90. The third kappa shape index (κ3) is 4.79. The molecule has 0 heterocycles. The molecule has 19 heavy (non-hydrogen) atoms. The van der Waals surface area contributed by atoms with Crippen molar-refractivity contribution in [3.05, 3.63) is 35.4 Å². The van der Waals surface area contributed by atoms with Gasteiger partial charge in [-0.15, -0.1) is 0 Å². The van der Waals surface area contributed by atoms with Gasteiger partial charge in [-0.25, -0.2) is 0 Å². The van der Waals surface area contributed by atoms with Gasteiger partial charge in [-0.05, 0) is 18.9 Å². The highest BCUT2D eigenvalue weighted by atomic mass is 16.2. The Morgan fingerprint density at radius 2 is 1.84 bits per heavy atom. The van der Waals surface area contributed by atoms with Crippen molar-refractivity contribution in [2.75, 3.05) is 0 Å². The smallest absolute Gasteiger partial charge is 0.249 e. The van der Waals surface area contributed by atoms with Crippen LogP contribution in [0.3, 0.4) is 0 Å². The summed E-state index contributed by atoms with van der Waals surface area (Å²) in [6, 6.07) is 6.27. The second-order valence-corrected chi connectivity index (χ2v) is 4.29. The molecule has 5 N–H and O–H groups in total. The number of aryl methyl sites for hydroxylation is 2. The predicted octanol–water partition coefficient (Wildman–Crippen LogP) is -0.617. The van der Waals surface area contributed by atoms with Gasteiger partial charge in [0.05, 0.1) is 0 Å².